The molecule has 1 saturated heterocycles. The van der Waals surface area contributed by atoms with Gasteiger partial charge in [-0.15, -0.1) is 0 Å². The Labute approximate surface area is 357 Å². The van der Waals surface area contributed by atoms with Crippen LogP contribution in [0.25, 0.3) is 0 Å². The molecule has 12 nitrogen and oxygen atoms in total. The van der Waals surface area contributed by atoms with Gasteiger partial charge in [-0.25, -0.2) is 4.18 Å². The Bertz CT molecular complexity index is 1260. The average Bonchev–Trinajstić information content (AvgIpc) is 3.20. The lowest BCUT2D eigenvalue weighted by atomic mass is 9.99. The van der Waals surface area contributed by atoms with Crippen molar-refractivity contribution in [3.05, 3.63) is 60.8 Å². The summed E-state index contributed by atoms with van der Waals surface area (Å²) in [6, 6.07) is 0. The fraction of sp³-hybridized carbons (Fsp3) is 0.761. The first-order valence-electron chi connectivity index (χ1n) is 22.5. The first-order valence-corrected chi connectivity index (χ1v) is 23.9. The lowest BCUT2D eigenvalue weighted by molar-refractivity contribution is -0.301. The molecule has 0 aromatic carbocycles. The molecule has 59 heavy (non-hydrogen) atoms. The first-order chi connectivity index (χ1) is 28.6. The van der Waals surface area contributed by atoms with Crippen molar-refractivity contribution in [2.45, 2.75) is 198 Å². The largest absolute Gasteiger partial charge is 0.457 e. The van der Waals surface area contributed by atoms with Gasteiger partial charge in [-0.05, 0) is 77.0 Å². The van der Waals surface area contributed by atoms with Crippen LogP contribution in [-0.2, 0) is 38.3 Å². The molecule has 0 radical (unpaired) electrons. The molecule has 0 amide bonds. The smallest absolute Gasteiger partial charge is 0.397 e. The van der Waals surface area contributed by atoms with Crippen LogP contribution >= 0.6 is 0 Å². The van der Waals surface area contributed by atoms with E-state index >= 15 is 0 Å². The second-order valence-electron chi connectivity index (χ2n) is 15.3. The molecule has 1 rings (SSSR count). The highest BCUT2D eigenvalue weighted by molar-refractivity contribution is 7.80. The van der Waals surface area contributed by atoms with E-state index in [4.69, 9.17) is 23.5 Å². The fourth-order valence-electron chi connectivity index (χ4n) is 6.48. The summed E-state index contributed by atoms with van der Waals surface area (Å²) in [5.41, 5.74) is 0. The number of carbonyl (C=O) groups excluding carboxylic acids is 1. The minimum atomic E-state index is -5.07. The molecule has 0 aromatic rings. The summed E-state index contributed by atoms with van der Waals surface area (Å²) in [6.45, 7) is 3.79. The van der Waals surface area contributed by atoms with Crippen molar-refractivity contribution < 1.29 is 56.2 Å². The maximum absolute atomic E-state index is 12.8. The number of carbonyl (C=O) groups is 1. The standard InChI is InChI=1S/C46H80O12S/c1-3-5-7-9-11-13-15-17-19-20-22-24-26-28-30-32-34-36-54-38-40(39-55-46-44(50)45(58-59(51,52)53)43(49)41(37-47)57-46)56-42(48)35-33-31-29-27-25-23-21-18-16-14-12-10-8-6-4-2/h6,8,12,14,18-21,25,27,40-41,43-47,49-50H,3-5,7,9-11,13,15-17,22-24,26,28-39H2,1-2H3,(H,51,52,53)/b8-6-,14-12-,20-19-,21-18-,27-25-. The van der Waals surface area contributed by atoms with Crippen molar-refractivity contribution >= 4 is 16.4 Å². The number of rotatable bonds is 38. The summed E-state index contributed by atoms with van der Waals surface area (Å²) in [5, 5.41) is 30.6. The highest BCUT2D eigenvalue weighted by atomic mass is 32.3. The fourth-order valence-corrected chi connectivity index (χ4v) is 6.99. The highest BCUT2D eigenvalue weighted by Crippen LogP contribution is 2.26. The van der Waals surface area contributed by atoms with E-state index in [1.165, 1.54) is 64.2 Å². The van der Waals surface area contributed by atoms with Crippen LogP contribution in [0.3, 0.4) is 0 Å². The van der Waals surface area contributed by atoms with Crippen molar-refractivity contribution in [3.63, 3.8) is 0 Å². The Morgan fingerprint density at radius 2 is 1.17 bits per heavy atom. The van der Waals surface area contributed by atoms with Crippen molar-refractivity contribution in [1.29, 1.82) is 0 Å². The van der Waals surface area contributed by atoms with Crippen LogP contribution in [0.4, 0.5) is 0 Å². The Hall–Kier alpha value is -2.20. The molecule has 0 spiro atoms. The van der Waals surface area contributed by atoms with Crippen LogP contribution in [0.2, 0.25) is 0 Å². The summed E-state index contributed by atoms with van der Waals surface area (Å²) in [7, 11) is -5.07. The SMILES string of the molecule is CC/C=C\C/C=C\C/C=C\C/C=C\CCCCC(=O)OC(COCCCCCCCC/C=C\CCCCCCCCC)COC1OC(CO)C(O)C(OS(=O)(=O)O)C1O. The number of allylic oxidation sites excluding steroid dienone is 10. The minimum absolute atomic E-state index is 0.0126. The van der Waals surface area contributed by atoms with Crippen molar-refractivity contribution in [2.24, 2.45) is 0 Å². The van der Waals surface area contributed by atoms with Crippen LogP contribution in [0.5, 0.6) is 0 Å². The average molecular weight is 857 g/mol. The lowest BCUT2D eigenvalue weighted by Crippen LogP contribution is -2.60. The van der Waals surface area contributed by atoms with Gasteiger partial charge in [0.25, 0.3) is 0 Å². The summed E-state index contributed by atoms with van der Waals surface area (Å²) in [5.74, 6) is -0.443. The molecule has 13 heteroatoms. The molecule has 1 aliphatic rings. The number of unbranched alkanes of at least 4 members (excludes halogenated alkanes) is 15. The van der Waals surface area contributed by atoms with E-state index in [2.05, 4.69) is 78.8 Å². The van der Waals surface area contributed by atoms with Gasteiger partial charge in [0.05, 0.1) is 19.8 Å². The second-order valence-corrected chi connectivity index (χ2v) is 16.3. The van der Waals surface area contributed by atoms with Gasteiger partial charge in [0.1, 0.15) is 30.5 Å². The molecule has 0 aliphatic carbocycles. The van der Waals surface area contributed by atoms with E-state index in [0.29, 0.717) is 13.0 Å². The number of hydrogen-bond acceptors (Lipinski definition) is 11. The molecule has 1 aliphatic heterocycles. The van der Waals surface area contributed by atoms with Gasteiger partial charge in [-0.1, -0.05) is 139 Å². The van der Waals surface area contributed by atoms with Gasteiger partial charge in [0, 0.05) is 13.0 Å². The van der Waals surface area contributed by atoms with Gasteiger partial charge in [-0.3, -0.25) is 9.35 Å². The molecule has 0 aromatic heterocycles. The van der Waals surface area contributed by atoms with E-state index in [1.807, 2.05) is 0 Å². The third-order valence-electron chi connectivity index (χ3n) is 9.87. The normalized spacial score (nSPS) is 20.9. The van der Waals surface area contributed by atoms with Gasteiger partial charge < -0.3 is 34.3 Å². The maximum atomic E-state index is 12.8. The zero-order valence-corrected chi connectivity index (χ0v) is 37.1. The number of aliphatic hydroxyl groups excluding tert-OH is 3. The Kier molecular flexibility index (Phi) is 34.9. The number of aliphatic hydroxyl groups is 3. The zero-order valence-electron chi connectivity index (χ0n) is 36.3. The molecule has 0 saturated carbocycles. The van der Waals surface area contributed by atoms with E-state index in [-0.39, 0.29) is 19.6 Å². The van der Waals surface area contributed by atoms with Crippen LogP contribution in [0, 0.1) is 0 Å². The molecular formula is C46H80O12S. The minimum Gasteiger partial charge on any atom is -0.457 e. The maximum Gasteiger partial charge on any atom is 0.397 e. The molecule has 4 N–H and O–H groups in total. The van der Waals surface area contributed by atoms with Crippen LogP contribution < -0.4 is 0 Å². The third-order valence-corrected chi connectivity index (χ3v) is 10.3. The van der Waals surface area contributed by atoms with Gasteiger partial charge in [-0.2, -0.15) is 8.42 Å². The van der Waals surface area contributed by atoms with E-state index in [1.54, 1.807) is 0 Å². The molecular weight excluding hydrogens is 777 g/mol. The number of hydrogen-bond donors (Lipinski definition) is 4. The van der Waals surface area contributed by atoms with Gasteiger partial charge in [0.15, 0.2) is 6.29 Å². The third kappa shape index (κ3) is 31.3. The predicted octanol–water partition coefficient (Wildman–Crippen LogP) is 9.35. The summed E-state index contributed by atoms with van der Waals surface area (Å²) in [4.78, 5) is 12.8. The first kappa shape index (κ1) is 54.8. The summed E-state index contributed by atoms with van der Waals surface area (Å²) in [6.07, 6.45) is 36.9. The van der Waals surface area contributed by atoms with E-state index in [0.717, 1.165) is 70.6 Å². The van der Waals surface area contributed by atoms with Crippen molar-refractivity contribution in [3.8, 4) is 0 Å². The second kappa shape index (κ2) is 37.6. The highest BCUT2D eigenvalue weighted by Gasteiger charge is 2.48. The van der Waals surface area contributed by atoms with E-state index in [9.17, 15) is 28.5 Å². The molecule has 0 bridgehead atoms. The lowest BCUT2D eigenvalue weighted by Gasteiger charge is -2.41. The Morgan fingerprint density at radius 3 is 1.73 bits per heavy atom. The molecule has 6 unspecified atom stereocenters. The topological polar surface area (TPSA) is 178 Å². The Balaban J connectivity index is 2.47. The van der Waals surface area contributed by atoms with E-state index < -0.39 is 59.8 Å². The monoisotopic (exact) mass is 857 g/mol. The number of ether oxygens (including phenoxy) is 4. The van der Waals surface area contributed by atoms with Crippen molar-refractivity contribution in [2.75, 3.05) is 26.4 Å². The zero-order chi connectivity index (χ0) is 43.2. The van der Waals surface area contributed by atoms with Crippen molar-refractivity contribution in [1.82, 2.24) is 0 Å². The van der Waals surface area contributed by atoms with Crippen LogP contribution in [0.1, 0.15) is 162 Å². The summed E-state index contributed by atoms with van der Waals surface area (Å²) >= 11 is 0. The van der Waals surface area contributed by atoms with Crippen LogP contribution in [0.15, 0.2) is 60.8 Å². The molecule has 1 fully saturated rings. The number of esters is 1. The van der Waals surface area contributed by atoms with Gasteiger partial charge >= 0.3 is 16.4 Å². The molecule has 342 valence electrons. The molecule has 6 atom stereocenters. The predicted molar refractivity (Wildman–Crippen MR) is 234 cm³/mol. The van der Waals surface area contributed by atoms with Crippen LogP contribution in [-0.4, -0.2) is 97.5 Å². The van der Waals surface area contributed by atoms with Gasteiger partial charge in [0.2, 0.25) is 0 Å². The summed E-state index contributed by atoms with van der Waals surface area (Å²) < 4.78 is 59.0. The molecule has 1 heterocycles. The quantitative estimate of drug-likeness (QED) is 0.0201. The Morgan fingerprint density at radius 1 is 0.661 bits per heavy atom.